The van der Waals surface area contributed by atoms with Crippen LogP contribution in [0.25, 0.3) is 10.9 Å². The smallest absolute Gasteiger partial charge is 0.323 e. The van der Waals surface area contributed by atoms with Crippen molar-refractivity contribution in [3.63, 3.8) is 0 Å². The van der Waals surface area contributed by atoms with Gasteiger partial charge < -0.3 is 19.7 Å². The third-order valence-corrected chi connectivity index (χ3v) is 5.15. The Morgan fingerprint density at radius 2 is 1.86 bits per heavy atom. The molecule has 1 heterocycles. The second kappa shape index (κ2) is 7.76. The van der Waals surface area contributed by atoms with Crippen molar-refractivity contribution in [2.75, 3.05) is 6.61 Å². The number of amides is 1. The molecule has 4 rings (SSSR count). The van der Waals surface area contributed by atoms with E-state index in [0.717, 1.165) is 35.0 Å². The number of aliphatic carboxylic acids is 1. The van der Waals surface area contributed by atoms with Crippen molar-refractivity contribution in [1.82, 2.24) is 9.88 Å². The average molecular weight is 378 g/mol. The number of nitrogens with zero attached hydrogens (tertiary/aromatic N) is 1. The summed E-state index contributed by atoms with van der Waals surface area (Å²) in [6.45, 7) is -0.0636. The number of carbonyl (C=O) groups is 2. The van der Waals surface area contributed by atoms with E-state index in [1.165, 1.54) is 0 Å². The third-order valence-electron chi connectivity index (χ3n) is 5.15. The Morgan fingerprint density at radius 1 is 1.11 bits per heavy atom. The zero-order valence-corrected chi connectivity index (χ0v) is 15.4. The van der Waals surface area contributed by atoms with Crippen LogP contribution in [0.1, 0.15) is 17.7 Å². The van der Waals surface area contributed by atoms with Crippen LogP contribution in [0.15, 0.2) is 54.6 Å². The van der Waals surface area contributed by atoms with E-state index in [1.807, 2.05) is 59.2 Å². The Bertz CT molecular complexity index is 1010. The number of hydrogen-bond acceptors (Lipinski definition) is 3. The second-order valence-corrected chi connectivity index (χ2v) is 7.03. The van der Waals surface area contributed by atoms with Gasteiger partial charge in [0.2, 0.25) is 0 Å². The molecule has 3 aromatic rings. The summed E-state index contributed by atoms with van der Waals surface area (Å²) in [6, 6.07) is 17.1. The molecule has 0 fully saturated rings. The molecule has 28 heavy (non-hydrogen) atoms. The van der Waals surface area contributed by atoms with Gasteiger partial charge >= 0.3 is 5.97 Å². The van der Waals surface area contributed by atoms with Crippen molar-refractivity contribution in [3.8, 4) is 5.75 Å². The van der Waals surface area contributed by atoms with Gasteiger partial charge in [-0.25, -0.2) is 0 Å². The molecular weight excluding hydrogens is 356 g/mol. The fourth-order valence-corrected chi connectivity index (χ4v) is 3.97. The van der Waals surface area contributed by atoms with E-state index in [4.69, 9.17) is 4.74 Å². The normalized spacial score (nSPS) is 15.8. The molecule has 0 aliphatic heterocycles. The number of aromatic nitrogens is 1. The number of para-hydroxylation sites is 2. The molecule has 1 aliphatic carbocycles. The van der Waals surface area contributed by atoms with E-state index in [0.29, 0.717) is 12.2 Å². The third kappa shape index (κ3) is 3.71. The van der Waals surface area contributed by atoms with Crippen LogP contribution in [0.3, 0.4) is 0 Å². The average Bonchev–Trinajstić information content (AvgIpc) is 3.00. The molecule has 1 unspecified atom stereocenters. The summed E-state index contributed by atoms with van der Waals surface area (Å²) in [5.41, 5.74) is 3.14. The van der Waals surface area contributed by atoms with Gasteiger partial charge in [0.15, 0.2) is 6.61 Å². The summed E-state index contributed by atoms with van der Waals surface area (Å²) in [6.07, 6.45) is 2.21. The highest BCUT2D eigenvalue weighted by atomic mass is 16.5. The molecule has 6 nitrogen and oxygen atoms in total. The standard InChI is InChI=1S/C22H22N2O4/c25-21(14-28-16-6-2-1-3-7-16)23-15-10-11-20-18(12-15)17-8-4-5-9-19(17)24(20)13-22(26)27/h1-9,15H,10-14H2,(H,23,25)(H,26,27). The van der Waals surface area contributed by atoms with Gasteiger partial charge in [-0.2, -0.15) is 0 Å². The van der Waals surface area contributed by atoms with Crippen LogP contribution in [0, 0.1) is 0 Å². The van der Waals surface area contributed by atoms with E-state index >= 15 is 0 Å². The van der Waals surface area contributed by atoms with Crippen LogP contribution >= 0.6 is 0 Å². The van der Waals surface area contributed by atoms with Gasteiger partial charge in [-0.15, -0.1) is 0 Å². The minimum absolute atomic E-state index is 0.0171. The van der Waals surface area contributed by atoms with Gasteiger partial charge in [0.1, 0.15) is 12.3 Å². The maximum absolute atomic E-state index is 12.3. The first-order chi connectivity index (χ1) is 13.6. The fourth-order valence-electron chi connectivity index (χ4n) is 3.97. The Labute approximate surface area is 162 Å². The molecule has 0 bridgehead atoms. The topological polar surface area (TPSA) is 80.6 Å². The van der Waals surface area contributed by atoms with Crippen molar-refractivity contribution >= 4 is 22.8 Å². The van der Waals surface area contributed by atoms with Crippen LogP contribution in [0.4, 0.5) is 0 Å². The van der Waals surface area contributed by atoms with Crippen LogP contribution in [-0.2, 0) is 29.0 Å². The highest BCUT2D eigenvalue weighted by molar-refractivity contribution is 5.87. The Hall–Kier alpha value is -3.28. The number of rotatable bonds is 6. The molecule has 144 valence electrons. The van der Waals surface area contributed by atoms with Gasteiger partial charge in [0.25, 0.3) is 5.91 Å². The summed E-state index contributed by atoms with van der Waals surface area (Å²) in [5, 5.41) is 13.4. The molecule has 1 atom stereocenters. The van der Waals surface area contributed by atoms with E-state index in [-0.39, 0.29) is 25.1 Å². The van der Waals surface area contributed by atoms with Crippen molar-refractivity contribution in [1.29, 1.82) is 0 Å². The predicted molar refractivity (Wildman–Crippen MR) is 105 cm³/mol. The molecule has 2 N–H and O–H groups in total. The molecule has 0 saturated heterocycles. The van der Waals surface area contributed by atoms with Gasteiger partial charge in [0.05, 0.1) is 0 Å². The highest BCUT2D eigenvalue weighted by Gasteiger charge is 2.26. The molecule has 1 aromatic heterocycles. The second-order valence-electron chi connectivity index (χ2n) is 7.03. The summed E-state index contributed by atoms with van der Waals surface area (Å²) >= 11 is 0. The summed E-state index contributed by atoms with van der Waals surface area (Å²) in [5.74, 6) is -0.330. The number of carbonyl (C=O) groups excluding carboxylic acids is 1. The molecule has 1 amide bonds. The lowest BCUT2D eigenvalue weighted by Crippen LogP contribution is -2.41. The molecule has 0 spiro atoms. The number of carboxylic acid groups (broad SMARTS) is 1. The predicted octanol–water partition coefficient (Wildman–Crippen LogP) is 2.78. The Kier molecular flexibility index (Phi) is 5.02. The monoisotopic (exact) mass is 378 g/mol. The lowest BCUT2D eigenvalue weighted by Gasteiger charge is -2.25. The number of ether oxygens (including phenoxy) is 1. The SMILES string of the molecule is O=C(O)Cn1c2c(c3ccccc31)CC(NC(=O)COc1ccccc1)CC2. The number of fused-ring (bicyclic) bond motifs is 3. The van der Waals surface area contributed by atoms with Gasteiger partial charge in [0, 0.05) is 22.6 Å². The van der Waals surface area contributed by atoms with E-state index in [9.17, 15) is 14.7 Å². The molecule has 0 saturated carbocycles. The molecule has 6 heteroatoms. The first-order valence-electron chi connectivity index (χ1n) is 9.40. The Balaban J connectivity index is 1.47. The van der Waals surface area contributed by atoms with Crippen molar-refractivity contribution in [3.05, 3.63) is 65.9 Å². The van der Waals surface area contributed by atoms with Crippen LogP contribution in [-0.4, -0.2) is 34.2 Å². The summed E-state index contributed by atoms with van der Waals surface area (Å²) < 4.78 is 7.41. The van der Waals surface area contributed by atoms with Crippen LogP contribution < -0.4 is 10.1 Å². The lowest BCUT2D eigenvalue weighted by molar-refractivity contribution is -0.137. The first-order valence-corrected chi connectivity index (χ1v) is 9.40. The minimum atomic E-state index is -0.850. The van der Waals surface area contributed by atoms with Crippen molar-refractivity contribution < 1.29 is 19.4 Å². The maximum atomic E-state index is 12.3. The van der Waals surface area contributed by atoms with Crippen LogP contribution in [0.5, 0.6) is 5.75 Å². The van der Waals surface area contributed by atoms with Crippen molar-refractivity contribution in [2.24, 2.45) is 0 Å². The van der Waals surface area contributed by atoms with E-state index < -0.39 is 5.97 Å². The molecule has 1 aliphatic rings. The molecule has 0 radical (unpaired) electrons. The minimum Gasteiger partial charge on any atom is -0.484 e. The van der Waals surface area contributed by atoms with Crippen LogP contribution in [0.2, 0.25) is 0 Å². The number of hydrogen-bond donors (Lipinski definition) is 2. The zero-order valence-electron chi connectivity index (χ0n) is 15.4. The molecular formula is C22H22N2O4. The van der Waals surface area contributed by atoms with E-state index in [2.05, 4.69) is 5.32 Å². The number of benzene rings is 2. The quantitative estimate of drug-likeness (QED) is 0.691. The Morgan fingerprint density at radius 3 is 2.64 bits per heavy atom. The largest absolute Gasteiger partial charge is 0.484 e. The summed E-state index contributed by atoms with van der Waals surface area (Å²) in [7, 11) is 0. The first kappa shape index (κ1) is 18.1. The molecule has 2 aromatic carbocycles. The summed E-state index contributed by atoms with van der Waals surface area (Å²) in [4.78, 5) is 23.6. The number of carboxylic acids is 1. The van der Waals surface area contributed by atoms with Gasteiger partial charge in [-0.05, 0) is 43.0 Å². The number of nitrogens with one attached hydrogen (secondary N) is 1. The lowest BCUT2D eigenvalue weighted by atomic mass is 9.91. The highest BCUT2D eigenvalue weighted by Crippen LogP contribution is 2.32. The van der Waals surface area contributed by atoms with Crippen molar-refractivity contribution in [2.45, 2.75) is 31.8 Å². The van der Waals surface area contributed by atoms with Gasteiger partial charge in [-0.3, -0.25) is 9.59 Å². The fraction of sp³-hybridized carbons (Fsp3) is 0.273. The zero-order chi connectivity index (χ0) is 19.5. The van der Waals surface area contributed by atoms with Gasteiger partial charge in [-0.1, -0.05) is 36.4 Å². The maximum Gasteiger partial charge on any atom is 0.323 e. The van der Waals surface area contributed by atoms with E-state index in [1.54, 1.807) is 0 Å².